The molecule has 0 aliphatic carbocycles. The zero-order valence-corrected chi connectivity index (χ0v) is 31.2. The largest absolute Gasteiger partial charge is 0.490 e. The highest BCUT2D eigenvalue weighted by molar-refractivity contribution is 6.42. The number of nitrogens with zero attached hydrogens (tertiary/aromatic N) is 2. The number of hydrogen-bond acceptors (Lipinski definition) is 6. The molecular formula is C40H48Cl2N4O5. The summed E-state index contributed by atoms with van der Waals surface area (Å²) in [5.41, 5.74) is 2.45. The Morgan fingerprint density at radius 2 is 1.78 bits per heavy atom. The summed E-state index contributed by atoms with van der Waals surface area (Å²) in [6.45, 7) is 7.84. The fraction of sp³-hybridized carbons (Fsp3) is 0.400. The van der Waals surface area contributed by atoms with Crippen LogP contribution in [0.4, 0.5) is 16.2 Å². The van der Waals surface area contributed by atoms with E-state index in [1.165, 1.54) is 0 Å². The van der Waals surface area contributed by atoms with E-state index in [0.717, 1.165) is 35.6 Å². The summed E-state index contributed by atoms with van der Waals surface area (Å²) < 4.78 is 12.9. The van der Waals surface area contributed by atoms with Crippen LogP contribution in [0.5, 0.6) is 5.75 Å². The number of urea groups is 1. The van der Waals surface area contributed by atoms with Crippen LogP contribution in [0.15, 0.2) is 78.9 Å². The molecule has 1 aliphatic rings. The van der Waals surface area contributed by atoms with Gasteiger partial charge in [-0.25, -0.2) is 4.79 Å². The van der Waals surface area contributed by atoms with E-state index >= 15 is 0 Å². The van der Waals surface area contributed by atoms with E-state index in [4.69, 9.17) is 32.7 Å². The highest BCUT2D eigenvalue weighted by Crippen LogP contribution is 2.30. The summed E-state index contributed by atoms with van der Waals surface area (Å²) in [5, 5.41) is 19.1. The number of amides is 3. The van der Waals surface area contributed by atoms with Crippen LogP contribution in [0.1, 0.15) is 56.0 Å². The molecule has 0 aromatic heterocycles. The lowest BCUT2D eigenvalue weighted by Gasteiger charge is -2.36. The third-order valence-corrected chi connectivity index (χ3v) is 10.0. The van der Waals surface area contributed by atoms with Crippen LogP contribution in [-0.4, -0.2) is 78.4 Å². The highest BCUT2D eigenvalue weighted by Gasteiger charge is 2.30. The molecule has 0 unspecified atom stereocenters. The Balaban J connectivity index is 1.38. The standard InChI is InChI=1S/C40H48Cl2N4O5/c1-26-22-46(27(2)25-47)39(48)33-21-31(43-40(49)44-36-14-9-12-30-11-5-6-13-32(30)36)16-18-37(33)51-28(3)10-7-8-19-50-38(26)24-45(4)23-29-15-17-34(41)35(42)20-29/h5-6,9,11-18,20-21,26-28,38,47H,7-8,10,19,22-25H2,1-4H3,(H2,43,44,49)/t26-,27+,28-,38+/m0/s1. The van der Waals surface area contributed by atoms with Crippen LogP contribution >= 0.6 is 23.2 Å². The Hall–Kier alpha value is -3.86. The lowest BCUT2D eigenvalue weighted by molar-refractivity contribution is -0.0177. The number of aliphatic hydroxyl groups is 1. The normalized spacial score (nSPS) is 19.6. The zero-order chi connectivity index (χ0) is 36.5. The molecule has 4 atom stereocenters. The van der Waals surface area contributed by atoms with Crippen molar-refractivity contribution in [2.24, 2.45) is 5.92 Å². The van der Waals surface area contributed by atoms with Crippen molar-refractivity contribution in [2.75, 3.05) is 44.0 Å². The fourth-order valence-electron chi connectivity index (χ4n) is 6.40. The van der Waals surface area contributed by atoms with E-state index < -0.39 is 12.1 Å². The second-order valence-corrected chi connectivity index (χ2v) is 14.4. The number of halogens is 2. The zero-order valence-electron chi connectivity index (χ0n) is 29.7. The second-order valence-electron chi connectivity index (χ2n) is 13.6. The van der Waals surface area contributed by atoms with Crippen molar-refractivity contribution < 1.29 is 24.2 Å². The maximum Gasteiger partial charge on any atom is 0.323 e. The van der Waals surface area contributed by atoms with Crippen molar-refractivity contribution >= 4 is 57.3 Å². The van der Waals surface area contributed by atoms with Crippen LogP contribution < -0.4 is 15.4 Å². The monoisotopic (exact) mass is 734 g/mol. The first-order valence-electron chi connectivity index (χ1n) is 17.5. The van der Waals surface area contributed by atoms with Gasteiger partial charge >= 0.3 is 6.03 Å². The van der Waals surface area contributed by atoms with Crippen molar-refractivity contribution in [1.29, 1.82) is 0 Å². The molecule has 0 radical (unpaired) electrons. The molecule has 1 aliphatic heterocycles. The van der Waals surface area contributed by atoms with Gasteiger partial charge < -0.3 is 30.1 Å². The molecule has 0 fully saturated rings. The smallest absolute Gasteiger partial charge is 0.323 e. The van der Waals surface area contributed by atoms with Gasteiger partial charge in [0, 0.05) is 43.2 Å². The molecule has 4 aromatic rings. The van der Waals surface area contributed by atoms with E-state index in [-0.39, 0.29) is 30.6 Å². The number of nitrogens with one attached hydrogen (secondary N) is 2. The first-order valence-corrected chi connectivity index (χ1v) is 18.3. The summed E-state index contributed by atoms with van der Waals surface area (Å²) in [4.78, 5) is 31.6. The second kappa shape index (κ2) is 18.1. The molecule has 3 amide bonds. The van der Waals surface area contributed by atoms with Gasteiger partial charge in [-0.2, -0.15) is 0 Å². The Bertz CT molecular complexity index is 1800. The van der Waals surface area contributed by atoms with Gasteiger partial charge in [-0.3, -0.25) is 9.69 Å². The molecule has 4 aromatic carbocycles. The van der Waals surface area contributed by atoms with Gasteiger partial charge in [0.15, 0.2) is 0 Å². The van der Waals surface area contributed by atoms with Crippen LogP contribution in [0.3, 0.4) is 0 Å². The number of benzene rings is 4. The average molecular weight is 736 g/mol. The molecule has 0 saturated carbocycles. The molecule has 3 N–H and O–H groups in total. The van der Waals surface area contributed by atoms with E-state index in [1.54, 1.807) is 29.2 Å². The Labute approximate surface area is 310 Å². The maximum atomic E-state index is 14.5. The van der Waals surface area contributed by atoms with Gasteiger partial charge in [0.25, 0.3) is 5.91 Å². The van der Waals surface area contributed by atoms with Crippen molar-refractivity contribution in [3.8, 4) is 5.75 Å². The highest BCUT2D eigenvalue weighted by atomic mass is 35.5. The molecule has 51 heavy (non-hydrogen) atoms. The maximum absolute atomic E-state index is 14.5. The summed E-state index contributed by atoms with van der Waals surface area (Å²) in [5.74, 6) is 0.0448. The van der Waals surface area contributed by atoms with Gasteiger partial charge in [0.1, 0.15) is 5.75 Å². The van der Waals surface area contributed by atoms with Crippen molar-refractivity contribution in [3.05, 3.63) is 100 Å². The van der Waals surface area contributed by atoms with Gasteiger partial charge in [0.05, 0.1) is 46.2 Å². The molecule has 0 saturated heterocycles. The third kappa shape index (κ3) is 10.4. The molecule has 9 nitrogen and oxygen atoms in total. The van der Waals surface area contributed by atoms with E-state index in [1.807, 2.05) is 75.5 Å². The topological polar surface area (TPSA) is 103 Å². The van der Waals surface area contributed by atoms with Gasteiger partial charge in [-0.1, -0.05) is 72.6 Å². The SMILES string of the molecule is C[C@H](CO)N1C[C@H](C)[C@@H](CN(C)Cc2ccc(Cl)c(Cl)c2)OCCCC[C@H](C)Oc2ccc(NC(=O)Nc3cccc4ccccc34)cc2C1=O. The minimum atomic E-state index is -0.487. The minimum absolute atomic E-state index is 0.0850. The van der Waals surface area contributed by atoms with Gasteiger partial charge in [-0.15, -0.1) is 0 Å². The number of hydrogen-bond donors (Lipinski definition) is 3. The third-order valence-electron chi connectivity index (χ3n) is 9.28. The van der Waals surface area contributed by atoms with Crippen LogP contribution in [-0.2, 0) is 11.3 Å². The van der Waals surface area contributed by atoms with Crippen LogP contribution in [0.2, 0.25) is 10.0 Å². The molecule has 0 bridgehead atoms. The number of carbonyl (C=O) groups excluding carboxylic acids is 2. The molecule has 272 valence electrons. The molecule has 5 rings (SSSR count). The van der Waals surface area contributed by atoms with Crippen LogP contribution in [0.25, 0.3) is 10.8 Å². The molecule has 11 heteroatoms. The van der Waals surface area contributed by atoms with E-state index in [0.29, 0.717) is 59.0 Å². The number of carbonyl (C=O) groups is 2. The van der Waals surface area contributed by atoms with Gasteiger partial charge in [0.2, 0.25) is 0 Å². The minimum Gasteiger partial charge on any atom is -0.490 e. The predicted molar refractivity (Wildman–Crippen MR) is 206 cm³/mol. The molecule has 0 spiro atoms. The van der Waals surface area contributed by atoms with Gasteiger partial charge in [-0.05, 0) is 87.5 Å². The summed E-state index contributed by atoms with van der Waals surface area (Å²) in [7, 11) is 2.03. The Morgan fingerprint density at radius 1 is 1.00 bits per heavy atom. The number of rotatable bonds is 8. The number of anilines is 2. The fourth-order valence-corrected chi connectivity index (χ4v) is 6.72. The van der Waals surface area contributed by atoms with E-state index in [9.17, 15) is 14.7 Å². The van der Waals surface area contributed by atoms with E-state index in [2.05, 4.69) is 22.5 Å². The number of aliphatic hydroxyl groups excluding tert-OH is 1. The number of fused-ring (bicyclic) bond motifs is 2. The number of ether oxygens (including phenoxy) is 2. The first kappa shape index (κ1) is 38.4. The van der Waals surface area contributed by atoms with Crippen molar-refractivity contribution in [3.63, 3.8) is 0 Å². The molecule has 1 heterocycles. The lowest BCUT2D eigenvalue weighted by atomic mass is 10.0. The molecular weight excluding hydrogens is 687 g/mol. The Kier molecular flexibility index (Phi) is 13.6. The summed E-state index contributed by atoms with van der Waals surface area (Å²) in [6.07, 6.45) is 2.18. The first-order chi connectivity index (χ1) is 24.5. The van der Waals surface area contributed by atoms with Crippen molar-refractivity contribution in [2.45, 2.75) is 64.8 Å². The van der Waals surface area contributed by atoms with Crippen LogP contribution in [0, 0.1) is 5.92 Å². The Morgan fingerprint density at radius 3 is 2.57 bits per heavy atom. The quantitative estimate of drug-likeness (QED) is 0.167. The van der Waals surface area contributed by atoms with Crippen molar-refractivity contribution in [1.82, 2.24) is 9.80 Å². The lowest BCUT2D eigenvalue weighted by Crippen LogP contribution is -2.47. The number of likely N-dealkylation sites (N-methyl/N-ethyl adjacent to an activating group) is 1. The average Bonchev–Trinajstić information content (AvgIpc) is 3.11. The summed E-state index contributed by atoms with van der Waals surface area (Å²) >= 11 is 12.4. The summed E-state index contributed by atoms with van der Waals surface area (Å²) in [6, 6.07) is 23.4. The predicted octanol–water partition coefficient (Wildman–Crippen LogP) is 8.72.